The van der Waals surface area contributed by atoms with Crippen LogP contribution in [0.1, 0.15) is 46.5 Å². The second-order valence-electron chi connectivity index (χ2n) is 6.02. The van der Waals surface area contributed by atoms with E-state index in [9.17, 15) is 9.90 Å². The first-order chi connectivity index (χ1) is 6.82. The predicted molar refractivity (Wildman–Crippen MR) is 63.2 cm³/mol. The summed E-state index contributed by atoms with van der Waals surface area (Å²) >= 11 is 1.65. The van der Waals surface area contributed by atoms with Crippen LogP contribution >= 0.6 is 11.8 Å². The zero-order chi connectivity index (χ0) is 11.3. The number of carboxylic acids is 1. The number of hydrogen-bond acceptors (Lipinski definition) is 2. The molecule has 0 bridgehead atoms. The van der Waals surface area contributed by atoms with Crippen LogP contribution in [0.5, 0.6) is 0 Å². The van der Waals surface area contributed by atoms with E-state index in [-0.39, 0.29) is 4.75 Å². The molecule has 2 aliphatic rings. The zero-order valence-corrected chi connectivity index (χ0v) is 10.6. The summed E-state index contributed by atoms with van der Waals surface area (Å²) in [5, 5.41) is 9.35. The van der Waals surface area contributed by atoms with Gasteiger partial charge in [-0.1, -0.05) is 20.8 Å². The summed E-state index contributed by atoms with van der Waals surface area (Å²) in [6.45, 7) is 6.31. The highest BCUT2D eigenvalue weighted by molar-refractivity contribution is 8.02. The summed E-state index contributed by atoms with van der Waals surface area (Å²) in [6, 6.07) is 0. The molecule has 0 heterocycles. The fraction of sp³-hybridized carbons (Fsp3) is 0.917. The highest BCUT2D eigenvalue weighted by Gasteiger charge is 2.56. The molecule has 0 spiro atoms. The molecular weight excluding hydrogens is 208 g/mol. The van der Waals surface area contributed by atoms with Crippen molar-refractivity contribution in [3.05, 3.63) is 0 Å². The third-order valence-electron chi connectivity index (χ3n) is 3.36. The van der Waals surface area contributed by atoms with Crippen molar-refractivity contribution in [3.8, 4) is 0 Å². The molecule has 0 aliphatic heterocycles. The molecular formula is C12H20O2S. The van der Waals surface area contributed by atoms with E-state index in [1.165, 1.54) is 12.8 Å². The molecule has 2 rings (SSSR count). The fourth-order valence-electron chi connectivity index (χ4n) is 2.58. The van der Waals surface area contributed by atoms with Crippen LogP contribution in [-0.4, -0.2) is 20.6 Å². The molecule has 0 unspecified atom stereocenters. The summed E-state index contributed by atoms with van der Waals surface area (Å²) < 4.78 is -0.418. The molecule has 0 amide bonds. The topological polar surface area (TPSA) is 37.3 Å². The largest absolute Gasteiger partial charge is 0.480 e. The summed E-state index contributed by atoms with van der Waals surface area (Å²) in [5.41, 5.74) is 0. The monoisotopic (exact) mass is 228 g/mol. The van der Waals surface area contributed by atoms with E-state index in [0.29, 0.717) is 5.92 Å². The average molecular weight is 228 g/mol. The lowest BCUT2D eigenvalue weighted by Crippen LogP contribution is -2.50. The van der Waals surface area contributed by atoms with E-state index >= 15 is 0 Å². The van der Waals surface area contributed by atoms with Gasteiger partial charge >= 0.3 is 5.97 Å². The SMILES string of the molecule is CC(C)(C)SC1(C(=O)O)CC(C2CC2)C1. The standard InChI is InChI=1S/C12H20O2S/c1-11(2,3)15-12(10(13)14)6-9(7-12)8-4-5-8/h8-9H,4-7H2,1-3H3,(H,13,14). The quantitative estimate of drug-likeness (QED) is 0.806. The molecule has 0 atom stereocenters. The second-order valence-corrected chi connectivity index (χ2v) is 8.23. The molecule has 15 heavy (non-hydrogen) atoms. The molecule has 2 saturated carbocycles. The lowest BCUT2D eigenvalue weighted by atomic mass is 9.71. The van der Waals surface area contributed by atoms with Crippen LogP contribution in [0.25, 0.3) is 0 Å². The maximum absolute atomic E-state index is 11.3. The maximum atomic E-state index is 11.3. The zero-order valence-electron chi connectivity index (χ0n) is 9.75. The van der Waals surface area contributed by atoms with Crippen molar-refractivity contribution < 1.29 is 9.90 Å². The van der Waals surface area contributed by atoms with Crippen LogP contribution < -0.4 is 0 Å². The maximum Gasteiger partial charge on any atom is 0.319 e. The van der Waals surface area contributed by atoms with Crippen LogP contribution in [0.3, 0.4) is 0 Å². The number of hydrogen-bond donors (Lipinski definition) is 1. The van der Waals surface area contributed by atoms with Crippen molar-refractivity contribution in [2.24, 2.45) is 11.8 Å². The van der Waals surface area contributed by atoms with Crippen LogP contribution in [-0.2, 0) is 4.79 Å². The van der Waals surface area contributed by atoms with Gasteiger partial charge in [0.1, 0.15) is 4.75 Å². The summed E-state index contributed by atoms with van der Waals surface area (Å²) in [7, 11) is 0. The molecule has 0 aromatic heterocycles. The lowest BCUT2D eigenvalue weighted by molar-refractivity contribution is -0.144. The third-order valence-corrected chi connectivity index (χ3v) is 4.87. The minimum atomic E-state index is -0.598. The Morgan fingerprint density at radius 2 is 1.80 bits per heavy atom. The van der Waals surface area contributed by atoms with Gasteiger partial charge in [0, 0.05) is 4.75 Å². The number of thioether (sulfide) groups is 1. The van der Waals surface area contributed by atoms with Crippen LogP contribution in [0.4, 0.5) is 0 Å². The summed E-state index contributed by atoms with van der Waals surface area (Å²) in [4.78, 5) is 11.3. The van der Waals surface area contributed by atoms with Gasteiger partial charge in [-0.25, -0.2) is 0 Å². The Morgan fingerprint density at radius 3 is 2.13 bits per heavy atom. The van der Waals surface area contributed by atoms with Gasteiger partial charge in [-0.2, -0.15) is 0 Å². The van der Waals surface area contributed by atoms with Gasteiger partial charge in [0.05, 0.1) is 0 Å². The second kappa shape index (κ2) is 3.41. The third kappa shape index (κ3) is 2.32. The molecule has 2 nitrogen and oxygen atoms in total. The molecule has 0 saturated heterocycles. The van der Waals surface area contributed by atoms with E-state index in [0.717, 1.165) is 18.8 Å². The van der Waals surface area contributed by atoms with E-state index in [2.05, 4.69) is 20.8 Å². The van der Waals surface area contributed by atoms with E-state index < -0.39 is 10.7 Å². The van der Waals surface area contributed by atoms with Crippen molar-refractivity contribution >= 4 is 17.7 Å². The summed E-state index contributed by atoms with van der Waals surface area (Å²) in [5.74, 6) is 0.966. The van der Waals surface area contributed by atoms with Crippen LogP contribution in [0.15, 0.2) is 0 Å². The number of carboxylic acid groups (broad SMARTS) is 1. The van der Waals surface area contributed by atoms with Crippen LogP contribution in [0, 0.1) is 11.8 Å². The number of aliphatic carboxylic acids is 1. The first-order valence-corrected chi connectivity index (χ1v) is 6.58. The van der Waals surface area contributed by atoms with Gasteiger partial charge in [-0.05, 0) is 37.5 Å². The predicted octanol–water partition coefficient (Wildman–Crippen LogP) is 3.16. The molecule has 2 fully saturated rings. The highest BCUT2D eigenvalue weighted by Crippen LogP contribution is 2.58. The van der Waals surface area contributed by atoms with Gasteiger partial charge < -0.3 is 5.11 Å². The molecule has 3 heteroatoms. The van der Waals surface area contributed by atoms with Gasteiger partial charge in [0.15, 0.2) is 0 Å². The van der Waals surface area contributed by atoms with Crippen molar-refractivity contribution in [2.45, 2.75) is 55.9 Å². The van der Waals surface area contributed by atoms with Crippen molar-refractivity contribution in [1.82, 2.24) is 0 Å². The smallest absolute Gasteiger partial charge is 0.319 e. The normalized spacial score (nSPS) is 36.1. The highest BCUT2D eigenvalue weighted by atomic mass is 32.2. The molecule has 1 N–H and O–H groups in total. The molecule has 0 radical (unpaired) electrons. The van der Waals surface area contributed by atoms with E-state index in [1.54, 1.807) is 11.8 Å². The minimum Gasteiger partial charge on any atom is -0.480 e. The Morgan fingerprint density at radius 1 is 1.27 bits per heavy atom. The van der Waals surface area contributed by atoms with Gasteiger partial charge in [0.2, 0.25) is 0 Å². The van der Waals surface area contributed by atoms with Crippen molar-refractivity contribution in [1.29, 1.82) is 0 Å². The molecule has 86 valence electrons. The van der Waals surface area contributed by atoms with Gasteiger partial charge in [-0.3, -0.25) is 4.79 Å². The average Bonchev–Trinajstić information content (AvgIpc) is 2.75. The van der Waals surface area contributed by atoms with Crippen LogP contribution in [0.2, 0.25) is 0 Å². The summed E-state index contributed by atoms with van der Waals surface area (Å²) in [6.07, 6.45) is 4.46. The Labute approximate surface area is 95.8 Å². The van der Waals surface area contributed by atoms with E-state index in [1.807, 2.05) is 0 Å². The van der Waals surface area contributed by atoms with Gasteiger partial charge in [-0.15, -0.1) is 11.8 Å². The van der Waals surface area contributed by atoms with E-state index in [4.69, 9.17) is 0 Å². The fourth-order valence-corrected chi connectivity index (χ4v) is 4.43. The van der Waals surface area contributed by atoms with Gasteiger partial charge in [0.25, 0.3) is 0 Å². The van der Waals surface area contributed by atoms with Crippen molar-refractivity contribution in [2.75, 3.05) is 0 Å². The lowest BCUT2D eigenvalue weighted by Gasteiger charge is -2.47. The first kappa shape index (κ1) is 11.3. The minimum absolute atomic E-state index is 0.0485. The Bertz CT molecular complexity index is 270. The Balaban J connectivity index is 1.98. The Hall–Kier alpha value is -0.180. The van der Waals surface area contributed by atoms with Crippen molar-refractivity contribution in [3.63, 3.8) is 0 Å². The molecule has 2 aliphatic carbocycles. The molecule has 0 aromatic carbocycles. The first-order valence-electron chi connectivity index (χ1n) is 5.76. The Kier molecular flexibility index (Phi) is 2.57. The number of carbonyl (C=O) groups is 1. The number of rotatable bonds is 3. The molecule has 0 aromatic rings.